The van der Waals surface area contributed by atoms with Gasteiger partial charge < -0.3 is 5.32 Å². The lowest BCUT2D eigenvalue weighted by atomic mass is 10.0. The summed E-state index contributed by atoms with van der Waals surface area (Å²) in [6.07, 6.45) is 3.41. The SMILES string of the molecule is CNC(=O)c1c(-c2ccccn2)cnc2ccccc12. The standard InChI is InChI=1S/C16H13N3O/c1-17-16(20)15-11-6-2-3-7-13(11)19-10-12(15)14-8-4-5-9-18-14/h2-10H,1H3,(H,17,20). The molecule has 1 amide bonds. The van der Waals surface area contributed by atoms with Crippen LogP contribution in [0.4, 0.5) is 0 Å². The maximum Gasteiger partial charge on any atom is 0.252 e. The second-order valence-electron chi connectivity index (χ2n) is 4.36. The third-order valence-electron chi connectivity index (χ3n) is 3.17. The first kappa shape index (κ1) is 12.3. The molecule has 2 aromatic heterocycles. The van der Waals surface area contributed by atoms with E-state index in [1.54, 1.807) is 19.4 Å². The third-order valence-corrected chi connectivity index (χ3v) is 3.17. The summed E-state index contributed by atoms with van der Waals surface area (Å²) < 4.78 is 0. The minimum Gasteiger partial charge on any atom is -0.355 e. The van der Waals surface area contributed by atoms with E-state index >= 15 is 0 Å². The molecule has 0 spiro atoms. The highest BCUT2D eigenvalue weighted by atomic mass is 16.1. The van der Waals surface area contributed by atoms with E-state index in [0.29, 0.717) is 5.56 Å². The molecule has 2 heterocycles. The molecule has 0 aliphatic heterocycles. The summed E-state index contributed by atoms with van der Waals surface area (Å²) >= 11 is 0. The van der Waals surface area contributed by atoms with E-state index in [2.05, 4.69) is 15.3 Å². The van der Waals surface area contributed by atoms with Gasteiger partial charge in [-0.25, -0.2) is 0 Å². The van der Waals surface area contributed by atoms with E-state index in [0.717, 1.165) is 22.2 Å². The number of para-hydroxylation sites is 1. The predicted octanol–water partition coefficient (Wildman–Crippen LogP) is 2.66. The van der Waals surface area contributed by atoms with Crippen molar-refractivity contribution in [2.75, 3.05) is 7.05 Å². The summed E-state index contributed by atoms with van der Waals surface area (Å²) in [5.41, 5.74) is 2.88. The van der Waals surface area contributed by atoms with Gasteiger partial charge in [0.1, 0.15) is 0 Å². The summed E-state index contributed by atoms with van der Waals surface area (Å²) in [6.45, 7) is 0. The van der Waals surface area contributed by atoms with Gasteiger partial charge in [-0.15, -0.1) is 0 Å². The van der Waals surface area contributed by atoms with E-state index in [4.69, 9.17) is 0 Å². The summed E-state index contributed by atoms with van der Waals surface area (Å²) in [4.78, 5) is 21.0. The lowest BCUT2D eigenvalue weighted by Crippen LogP contribution is -2.19. The molecule has 0 atom stereocenters. The van der Waals surface area contributed by atoms with E-state index in [9.17, 15) is 4.79 Å². The first-order valence-electron chi connectivity index (χ1n) is 6.32. The van der Waals surface area contributed by atoms with E-state index in [1.807, 2.05) is 42.5 Å². The van der Waals surface area contributed by atoms with Crippen LogP contribution in [0.25, 0.3) is 22.2 Å². The monoisotopic (exact) mass is 263 g/mol. The predicted molar refractivity (Wildman–Crippen MR) is 78.4 cm³/mol. The van der Waals surface area contributed by atoms with Crippen LogP contribution in [0.2, 0.25) is 0 Å². The van der Waals surface area contributed by atoms with Crippen LogP contribution >= 0.6 is 0 Å². The number of hydrogen-bond acceptors (Lipinski definition) is 3. The number of rotatable bonds is 2. The Morgan fingerprint density at radius 2 is 1.85 bits per heavy atom. The third kappa shape index (κ3) is 2.01. The van der Waals surface area contributed by atoms with Crippen LogP contribution in [0, 0.1) is 0 Å². The molecular formula is C16H13N3O. The molecule has 1 aromatic carbocycles. The van der Waals surface area contributed by atoms with Crippen LogP contribution in [0.5, 0.6) is 0 Å². The van der Waals surface area contributed by atoms with Gasteiger partial charge >= 0.3 is 0 Å². The first-order chi connectivity index (χ1) is 9.81. The normalized spacial score (nSPS) is 10.4. The fourth-order valence-electron chi connectivity index (χ4n) is 2.23. The number of aromatic nitrogens is 2. The van der Waals surface area contributed by atoms with Crippen LogP contribution < -0.4 is 5.32 Å². The summed E-state index contributed by atoms with van der Waals surface area (Å²) in [7, 11) is 1.62. The van der Waals surface area contributed by atoms with Crippen molar-refractivity contribution in [3.63, 3.8) is 0 Å². The minimum atomic E-state index is -0.135. The van der Waals surface area contributed by atoms with Gasteiger partial charge in [-0.3, -0.25) is 14.8 Å². The topological polar surface area (TPSA) is 54.9 Å². The number of fused-ring (bicyclic) bond motifs is 1. The van der Waals surface area contributed by atoms with Crippen molar-refractivity contribution in [3.05, 3.63) is 60.4 Å². The fourth-order valence-corrected chi connectivity index (χ4v) is 2.23. The molecule has 4 heteroatoms. The summed E-state index contributed by atoms with van der Waals surface area (Å²) in [5.74, 6) is -0.135. The van der Waals surface area contributed by atoms with Crippen LogP contribution in [0.1, 0.15) is 10.4 Å². The highest BCUT2D eigenvalue weighted by molar-refractivity contribution is 6.11. The first-order valence-corrected chi connectivity index (χ1v) is 6.32. The molecule has 1 N–H and O–H groups in total. The number of pyridine rings is 2. The number of nitrogens with zero attached hydrogens (tertiary/aromatic N) is 2. The van der Waals surface area contributed by atoms with Gasteiger partial charge in [0.2, 0.25) is 0 Å². The Hall–Kier alpha value is -2.75. The van der Waals surface area contributed by atoms with Crippen LogP contribution in [-0.4, -0.2) is 22.9 Å². The second-order valence-corrected chi connectivity index (χ2v) is 4.36. The van der Waals surface area contributed by atoms with Gasteiger partial charge in [-0.2, -0.15) is 0 Å². The average Bonchev–Trinajstić information content (AvgIpc) is 2.54. The molecule has 98 valence electrons. The van der Waals surface area contributed by atoms with Crippen molar-refractivity contribution in [1.29, 1.82) is 0 Å². The van der Waals surface area contributed by atoms with Crippen LogP contribution in [0.15, 0.2) is 54.9 Å². The van der Waals surface area contributed by atoms with Gasteiger partial charge in [-0.05, 0) is 18.2 Å². The molecule has 0 aliphatic rings. The molecule has 3 rings (SSSR count). The molecule has 0 saturated heterocycles. The molecule has 0 fully saturated rings. The molecule has 0 saturated carbocycles. The Bertz CT molecular complexity index is 769. The highest BCUT2D eigenvalue weighted by Gasteiger charge is 2.16. The van der Waals surface area contributed by atoms with Gasteiger partial charge in [0, 0.05) is 30.4 Å². The Labute approximate surface area is 116 Å². The quantitative estimate of drug-likeness (QED) is 0.773. The Morgan fingerprint density at radius 1 is 1.05 bits per heavy atom. The molecule has 4 nitrogen and oxygen atoms in total. The van der Waals surface area contributed by atoms with Gasteiger partial charge in [0.25, 0.3) is 5.91 Å². The minimum absolute atomic E-state index is 0.135. The summed E-state index contributed by atoms with van der Waals surface area (Å²) in [6, 6.07) is 13.2. The molecular weight excluding hydrogens is 250 g/mol. The van der Waals surface area contributed by atoms with Crippen LogP contribution in [-0.2, 0) is 0 Å². The van der Waals surface area contributed by atoms with Crippen molar-refractivity contribution in [1.82, 2.24) is 15.3 Å². The maximum atomic E-state index is 12.3. The number of amides is 1. The van der Waals surface area contributed by atoms with Crippen molar-refractivity contribution in [2.45, 2.75) is 0 Å². The Morgan fingerprint density at radius 3 is 2.60 bits per heavy atom. The smallest absolute Gasteiger partial charge is 0.252 e. The van der Waals surface area contributed by atoms with Crippen molar-refractivity contribution in [3.8, 4) is 11.3 Å². The summed E-state index contributed by atoms with van der Waals surface area (Å²) in [5, 5.41) is 3.52. The van der Waals surface area contributed by atoms with Crippen molar-refractivity contribution in [2.24, 2.45) is 0 Å². The van der Waals surface area contributed by atoms with Gasteiger partial charge in [0.05, 0.1) is 16.8 Å². The van der Waals surface area contributed by atoms with Gasteiger partial charge in [-0.1, -0.05) is 24.3 Å². The zero-order valence-corrected chi connectivity index (χ0v) is 11.0. The largest absolute Gasteiger partial charge is 0.355 e. The number of benzene rings is 1. The number of hydrogen-bond donors (Lipinski definition) is 1. The van der Waals surface area contributed by atoms with E-state index in [-0.39, 0.29) is 5.91 Å². The Kier molecular flexibility index (Phi) is 3.13. The van der Waals surface area contributed by atoms with E-state index < -0.39 is 0 Å². The highest BCUT2D eigenvalue weighted by Crippen LogP contribution is 2.27. The number of carbonyl (C=O) groups excluding carboxylic acids is 1. The molecule has 0 unspecified atom stereocenters. The fraction of sp³-hybridized carbons (Fsp3) is 0.0625. The number of carbonyl (C=O) groups is 1. The van der Waals surface area contributed by atoms with Crippen LogP contribution in [0.3, 0.4) is 0 Å². The zero-order valence-electron chi connectivity index (χ0n) is 11.0. The van der Waals surface area contributed by atoms with E-state index in [1.165, 1.54) is 0 Å². The zero-order chi connectivity index (χ0) is 13.9. The maximum absolute atomic E-state index is 12.3. The molecule has 0 aliphatic carbocycles. The van der Waals surface area contributed by atoms with Crippen molar-refractivity contribution >= 4 is 16.8 Å². The lowest BCUT2D eigenvalue weighted by molar-refractivity contribution is 0.0965. The Balaban J connectivity index is 2.35. The molecule has 0 radical (unpaired) electrons. The van der Waals surface area contributed by atoms with Crippen molar-refractivity contribution < 1.29 is 4.79 Å². The van der Waals surface area contributed by atoms with Gasteiger partial charge in [0.15, 0.2) is 0 Å². The average molecular weight is 263 g/mol. The molecule has 0 bridgehead atoms. The lowest BCUT2D eigenvalue weighted by Gasteiger charge is -2.10. The second kappa shape index (κ2) is 5.09. The number of nitrogens with one attached hydrogen (secondary N) is 1. The molecule has 20 heavy (non-hydrogen) atoms. The molecule has 3 aromatic rings.